The molecule has 0 saturated heterocycles. The Kier molecular flexibility index (Phi) is 3.63. The van der Waals surface area contributed by atoms with E-state index in [1.54, 1.807) is 10.9 Å². The summed E-state index contributed by atoms with van der Waals surface area (Å²) in [5.74, 6) is -1.40. The van der Waals surface area contributed by atoms with Crippen LogP contribution in [0.3, 0.4) is 0 Å². The molecule has 0 unspecified atom stereocenters. The molecule has 0 aliphatic carbocycles. The molecule has 0 saturated carbocycles. The number of thiazole rings is 1. The number of carbonyl (C=O) groups excluding carboxylic acids is 1. The maximum atomic E-state index is 11.5. The summed E-state index contributed by atoms with van der Waals surface area (Å²) < 4.78 is 1.35. The molecule has 18 heavy (non-hydrogen) atoms. The highest BCUT2D eigenvalue weighted by Gasteiger charge is 2.09. The molecule has 2 aromatic heterocycles. The molecule has 2 N–H and O–H groups in total. The zero-order chi connectivity index (χ0) is 13.0. The van der Waals surface area contributed by atoms with Gasteiger partial charge in [0, 0.05) is 11.9 Å². The third-order valence-corrected chi connectivity index (χ3v) is 2.64. The first-order valence-electron chi connectivity index (χ1n) is 4.96. The van der Waals surface area contributed by atoms with Gasteiger partial charge in [0.2, 0.25) is 0 Å². The maximum Gasteiger partial charge on any atom is 0.358 e. The molecule has 1 amide bonds. The summed E-state index contributed by atoms with van der Waals surface area (Å²) in [6.45, 7) is 0.662. The lowest BCUT2D eigenvalue weighted by molar-refractivity contribution is 0.0690. The van der Waals surface area contributed by atoms with Crippen LogP contribution in [-0.2, 0) is 6.54 Å². The predicted octanol–water partition coefficient (Wildman–Crippen LogP) is -0.137. The fourth-order valence-electron chi connectivity index (χ4n) is 1.20. The third kappa shape index (κ3) is 2.88. The molecular weight excluding hydrogens is 258 g/mol. The molecule has 2 rings (SSSR count). The van der Waals surface area contributed by atoms with Crippen LogP contribution in [-0.4, -0.2) is 43.5 Å². The van der Waals surface area contributed by atoms with E-state index in [1.165, 1.54) is 22.2 Å². The predicted molar refractivity (Wildman–Crippen MR) is 61.4 cm³/mol. The topological polar surface area (TPSA) is 110 Å². The van der Waals surface area contributed by atoms with Crippen molar-refractivity contribution in [3.8, 4) is 0 Å². The molecule has 0 bridgehead atoms. The van der Waals surface area contributed by atoms with E-state index >= 15 is 0 Å². The van der Waals surface area contributed by atoms with Crippen molar-refractivity contribution in [3.05, 3.63) is 28.5 Å². The largest absolute Gasteiger partial charge is 0.476 e. The summed E-state index contributed by atoms with van der Waals surface area (Å²) in [6, 6.07) is 0. The molecule has 2 aromatic rings. The SMILES string of the molecule is O=C(O)c1cn(CCNC(=O)c2cscn2)nn1. The molecule has 0 aliphatic rings. The summed E-state index contributed by atoms with van der Waals surface area (Å²) in [7, 11) is 0. The van der Waals surface area contributed by atoms with Crippen molar-refractivity contribution in [2.45, 2.75) is 6.54 Å². The molecule has 0 aromatic carbocycles. The van der Waals surface area contributed by atoms with Gasteiger partial charge in [-0.05, 0) is 0 Å². The smallest absolute Gasteiger partial charge is 0.358 e. The zero-order valence-corrected chi connectivity index (χ0v) is 9.92. The van der Waals surface area contributed by atoms with Crippen LogP contribution in [0.1, 0.15) is 21.0 Å². The number of hydrogen-bond acceptors (Lipinski definition) is 6. The Labute approximate surface area is 105 Å². The number of aromatic nitrogens is 4. The summed E-state index contributed by atoms with van der Waals surface area (Å²) in [5.41, 5.74) is 1.82. The normalized spacial score (nSPS) is 10.2. The molecule has 0 spiro atoms. The lowest BCUT2D eigenvalue weighted by Gasteiger charge is -2.02. The van der Waals surface area contributed by atoms with Crippen molar-refractivity contribution in [3.63, 3.8) is 0 Å². The molecule has 2 heterocycles. The molecule has 94 valence electrons. The van der Waals surface area contributed by atoms with Crippen LogP contribution in [0.5, 0.6) is 0 Å². The van der Waals surface area contributed by atoms with Crippen LogP contribution in [0.4, 0.5) is 0 Å². The van der Waals surface area contributed by atoms with E-state index in [1.807, 2.05) is 0 Å². The molecule has 0 atom stereocenters. The molecular formula is C9H9N5O3S. The van der Waals surface area contributed by atoms with Crippen LogP contribution in [0.15, 0.2) is 17.1 Å². The van der Waals surface area contributed by atoms with Crippen molar-refractivity contribution in [1.82, 2.24) is 25.3 Å². The van der Waals surface area contributed by atoms with Gasteiger partial charge in [-0.15, -0.1) is 16.4 Å². The lowest BCUT2D eigenvalue weighted by atomic mass is 10.4. The van der Waals surface area contributed by atoms with Crippen LogP contribution in [0.25, 0.3) is 0 Å². The van der Waals surface area contributed by atoms with Gasteiger partial charge >= 0.3 is 5.97 Å². The second-order valence-electron chi connectivity index (χ2n) is 3.30. The lowest BCUT2D eigenvalue weighted by Crippen LogP contribution is -2.27. The molecule has 0 aliphatic heterocycles. The summed E-state index contributed by atoms with van der Waals surface area (Å²) in [6.07, 6.45) is 1.30. The van der Waals surface area contributed by atoms with Crippen molar-refractivity contribution < 1.29 is 14.7 Å². The van der Waals surface area contributed by atoms with E-state index in [4.69, 9.17) is 5.11 Å². The first kappa shape index (κ1) is 12.2. The van der Waals surface area contributed by atoms with Crippen LogP contribution in [0.2, 0.25) is 0 Å². The van der Waals surface area contributed by atoms with E-state index in [0.717, 1.165) is 0 Å². The second kappa shape index (κ2) is 5.36. The van der Waals surface area contributed by atoms with Gasteiger partial charge in [0.05, 0.1) is 18.3 Å². The van der Waals surface area contributed by atoms with Gasteiger partial charge < -0.3 is 10.4 Å². The monoisotopic (exact) mass is 267 g/mol. The van der Waals surface area contributed by atoms with Crippen molar-refractivity contribution in [2.75, 3.05) is 6.54 Å². The number of nitrogens with zero attached hydrogens (tertiary/aromatic N) is 4. The minimum absolute atomic E-state index is 0.124. The first-order valence-corrected chi connectivity index (χ1v) is 5.91. The Bertz CT molecular complexity index is 550. The Balaban J connectivity index is 1.81. The summed E-state index contributed by atoms with van der Waals surface area (Å²) in [4.78, 5) is 25.9. The number of rotatable bonds is 5. The fourth-order valence-corrected chi connectivity index (χ4v) is 1.74. The van der Waals surface area contributed by atoms with Gasteiger partial charge in [-0.25, -0.2) is 14.5 Å². The Morgan fingerprint density at radius 3 is 2.89 bits per heavy atom. The van der Waals surface area contributed by atoms with E-state index in [-0.39, 0.29) is 11.6 Å². The number of aromatic carboxylic acids is 1. The zero-order valence-electron chi connectivity index (χ0n) is 9.11. The Morgan fingerprint density at radius 1 is 1.44 bits per heavy atom. The highest BCUT2D eigenvalue weighted by molar-refractivity contribution is 7.07. The standard InChI is InChI=1S/C9H9N5O3S/c15-8(7-4-18-5-11-7)10-1-2-14-3-6(9(16)17)12-13-14/h3-5H,1-2H2,(H,10,15)(H,16,17). The average molecular weight is 267 g/mol. The average Bonchev–Trinajstić information content (AvgIpc) is 3.00. The Morgan fingerprint density at radius 2 is 2.28 bits per heavy atom. The minimum atomic E-state index is -1.13. The number of carboxylic acid groups (broad SMARTS) is 1. The first-order chi connectivity index (χ1) is 8.66. The van der Waals surface area contributed by atoms with E-state index in [2.05, 4.69) is 20.6 Å². The van der Waals surface area contributed by atoms with Gasteiger partial charge in [0.1, 0.15) is 5.69 Å². The van der Waals surface area contributed by atoms with Gasteiger partial charge in [0.15, 0.2) is 5.69 Å². The number of carboxylic acids is 1. The van der Waals surface area contributed by atoms with Crippen molar-refractivity contribution >= 4 is 23.2 Å². The van der Waals surface area contributed by atoms with Crippen molar-refractivity contribution in [1.29, 1.82) is 0 Å². The number of nitrogens with one attached hydrogen (secondary N) is 1. The maximum absolute atomic E-state index is 11.5. The highest BCUT2D eigenvalue weighted by Crippen LogP contribution is 2.00. The minimum Gasteiger partial charge on any atom is -0.476 e. The quantitative estimate of drug-likeness (QED) is 0.780. The van der Waals surface area contributed by atoms with E-state index in [0.29, 0.717) is 18.8 Å². The molecule has 0 fully saturated rings. The fraction of sp³-hybridized carbons (Fsp3) is 0.222. The number of hydrogen-bond donors (Lipinski definition) is 2. The molecule has 9 heteroatoms. The Hall–Kier alpha value is -2.29. The van der Waals surface area contributed by atoms with E-state index in [9.17, 15) is 9.59 Å². The van der Waals surface area contributed by atoms with Crippen molar-refractivity contribution in [2.24, 2.45) is 0 Å². The van der Waals surface area contributed by atoms with Crippen LogP contribution in [0, 0.1) is 0 Å². The van der Waals surface area contributed by atoms with E-state index < -0.39 is 5.97 Å². The third-order valence-electron chi connectivity index (χ3n) is 2.05. The summed E-state index contributed by atoms with van der Waals surface area (Å²) in [5, 5.41) is 20.0. The second-order valence-corrected chi connectivity index (χ2v) is 4.02. The van der Waals surface area contributed by atoms with Crippen LogP contribution < -0.4 is 5.32 Å². The summed E-state index contributed by atoms with van der Waals surface area (Å²) >= 11 is 1.34. The van der Waals surface area contributed by atoms with Gasteiger partial charge in [-0.3, -0.25) is 4.79 Å². The molecule has 8 nitrogen and oxygen atoms in total. The molecule has 0 radical (unpaired) electrons. The van der Waals surface area contributed by atoms with Crippen LogP contribution >= 0.6 is 11.3 Å². The number of amides is 1. The van der Waals surface area contributed by atoms with Gasteiger partial charge in [-0.1, -0.05) is 5.21 Å². The van der Waals surface area contributed by atoms with Gasteiger partial charge in [-0.2, -0.15) is 0 Å². The highest BCUT2D eigenvalue weighted by atomic mass is 32.1. The van der Waals surface area contributed by atoms with Gasteiger partial charge in [0.25, 0.3) is 5.91 Å². The number of carbonyl (C=O) groups is 2.